The number of carbonyl (C=O) groups excluding carboxylic acids is 2. The van der Waals surface area contributed by atoms with Gasteiger partial charge in [0.1, 0.15) is 5.75 Å². The van der Waals surface area contributed by atoms with Crippen molar-refractivity contribution in [1.29, 1.82) is 5.41 Å². The normalized spacial score (nSPS) is 8.00. The van der Waals surface area contributed by atoms with E-state index in [-0.39, 0.29) is 0 Å². The van der Waals surface area contributed by atoms with Crippen molar-refractivity contribution in [2.24, 2.45) is 5.73 Å². The molecular weight excluding hydrogens is 248 g/mol. The second-order valence-corrected chi connectivity index (χ2v) is 3.60. The van der Waals surface area contributed by atoms with Crippen LogP contribution in [0.4, 0.5) is 4.79 Å². The van der Waals surface area contributed by atoms with Gasteiger partial charge in [-0.2, -0.15) is 0 Å². The first-order chi connectivity index (χ1) is 8.79. The number of nitrogens with two attached hydrogens (primary N) is 1. The molecule has 0 atom stereocenters. The smallest absolute Gasteiger partial charge is 0.404 e. The minimum absolute atomic E-state index is 0.356. The molecule has 1 amide bonds. The topological polar surface area (TPSA) is 113 Å². The van der Waals surface area contributed by atoms with E-state index in [4.69, 9.17) is 10.2 Å². The van der Waals surface area contributed by atoms with Crippen molar-refractivity contribution in [3.8, 4) is 5.75 Å². The average Bonchev–Trinajstić information content (AvgIpc) is 2.27. The van der Waals surface area contributed by atoms with Crippen LogP contribution in [0.3, 0.4) is 0 Å². The Kier molecular flexibility index (Phi) is 10.8. The first kappa shape index (κ1) is 19.0. The van der Waals surface area contributed by atoms with Crippen LogP contribution in [0.2, 0.25) is 0 Å². The van der Waals surface area contributed by atoms with Crippen molar-refractivity contribution in [3.63, 3.8) is 0 Å². The van der Waals surface area contributed by atoms with Gasteiger partial charge in [0.15, 0.2) is 0 Å². The highest BCUT2D eigenvalue weighted by Crippen LogP contribution is 2.21. The Morgan fingerprint density at radius 3 is 1.95 bits per heavy atom. The average molecular weight is 268 g/mol. The molecule has 6 heteroatoms. The van der Waals surface area contributed by atoms with Gasteiger partial charge in [-0.05, 0) is 38.8 Å². The molecule has 0 unspecified atom stereocenters. The van der Waals surface area contributed by atoms with Crippen LogP contribution < -0.4 is 5.73 Å². The van der Waals surface area contributed by atoms with Gasteiger partial charge in [0, 0.05) is 0 Å². The van der Waals surface area contributed by atoms with E-state index in [0.717, 1.165) is 17.2 Å². The molecule has 0 spiro atoms. The lowest BCUT2D eigenvalue weighted by atomic mass is 10.1. The molecule has 0 saturated carbocycles. The molecule has 0 saturated heterocycles. The summed E-state index contributed by atoms with van der Waals surface area (Å²) in [7, 11) is 0. The van der Waals surface area contributed by atoms with Gasteiger partial charge in [0.05, 0.1) is 6.61 Å². The predicted octanol–water partition coefficient (Wildman–Crippen LogP) is 2.32. The lowest BCUT2D eigenvalue weighted by Crippen LogP contribution is -2.11. The fourth-order valence-electron chi connectivity index (χ4n) is 1.31. The van der Waals surface area contributed by atoms with Crippen LogP contribution in [0, 0.1) is 26.2 Å². The Morgan fingerprint density at radius 2 is 1.74 bits per heavy atom. The van der Waals surface area contributed by atoms with Gasteiger partial charge >= 0.3 is 6.09 Å². The van der Waals surface area contributed by atoms with Crippen LogP contribution in [0.15, 0.2) is 12.1 Å². The molecule has 19 heavy (non-hydrogen) atoms. The Balaban J connectivity index is 0. The van der Waals surface area contributed by atoms with Gasteiger partial charge in [0.2, 0.25) is 6.08 Å². The highest BCUT2D eigenvalue weighted by molar-refractivity contribution is 5.64. The van der Waals surface area contributed by atoms with Gasteiger partial charge in [-0.1, -0.05) is 17.7 Å². The molecule has 0 aromatic heterocycles. The number of primary amides is 1. The van der Waals surface area contributed by atoms with Crippen LogP contribution in [0.25, 0.3) is 0 Å². The molecule has 6 nitrogen and oxygen atoms in total. The molecule has 0 radical (unpaired) electrons. The lowest BCUT2D eigenvalue weighted by molar-refractivity contribution is 0.163. The summed E-state index contributed by atoms with van der Waals surface area (Å²) in [6.07, 6.45) is 0.0394. The summed E-state index contributed by atoms with van der Waals surface area (Å²) in [4.78, 5) is 17.9. The Hall–Kier alpha value is -2.33. The number of aryl methyl sites for hydroxylation is 3. The summed E-state index contributed by atoms with van der Waals surface area (Å²) in [5.74, 6) is 0.422. The highest BCUT2D eigenvalue weighted by atomic mass is 16.5. The number of carbonyl (C=O) groups is 1. The van der Waals surface area contributed by atoms with Gasteiger partial charge in [0.25, 0.3) is 0 Å². The molecule has 106 valence electrons. The molecule has 0 fully saturated rings. The van der Waals surface area contributed by atoms with Crippen LogP contribution in [0.1, 0.15) is 23.6 Å². The summed E-state index contributed by atoms with van der Waals surface area (Å²) in [6.45, 7) is 7.91. The summed E-state index contributed by atoms with van der Waals surface area (Å²) in [5.41, 5.74) is 7.66. The number of aromatic hydroxyl groups is 1. The van der Waals surface area contributed by atoms with Crippen molar-refractivity contribution in [2.45, 2.75) is 27.7 Å². The number of phenolic OH excluding ortho intramolecular Hbond substituents is 1. The van der Waals surface area contributed by atoms with E-state index in [1.165, 1.54) is 5.56 Å². The number of rotatable bonds is 1. The van der Waals surface area contributed by atoms with Crippen LogP contribution in [-0.2, 0) is 9.53 Å². The van der Waals surface area contributed by atoms with Crippen molar-refractivity contribution in [3.05, 3.63) is 28.8 Å². The molecule has 1 aromatic rings. The fourth-order valence-corrected chi connectivity index (χ4v) is 1.31. The van der Waals surface area contributed by atoms with Crippen LogP contribution >= 0.6 is 0 Å². The molecule has 0 aliphatic carbocycles. The third kappa shape index (κ3) is 10.5. The Labute approximate surface area is 112 Å². The van der Waals surface area contributed by atoms with Crippen molar-refractivity contribution in [2.75, 3.05) is 6.61 Å². The van der Waals surface area contributed by atoms with E-state index in [0.29, 0.717) is 12.4 Å². The summed E-state index contributed by atoms with van der Waals surface area (Å²) in [5, 5.41) is 14.7. The van der Waals surface area contributed by atoms with E-state index in [1.54, 1.807) is 6.92 Å². The predicted molar refractivity (Wildman–Crippen MR) is 71.9 cm³/mol. The molecule has 0 heterocycles. The number of ether oxygens (including phenoxy) is 1. The van der Waals surface area contributed by atoms with E-state index < -0.39 is 6.09 Å². The SMILES string of the molecule is CCOC(N)=O.Cc1cc(C)c(O)c(C)c1.N=C=O. The molecule has 0 aliphatic rings. The van der Waals surface area contributed by atoms with E-state index in [9.17, 15) is 9.90 Å². The minimum atomic E-state index is -0.711. The number of phenols is 1. The van der Waals surface area contributed by atoms with Gasteiger partial charge in [-0.15, -0.1) is 0 Å². The standard InChI is InChI=1S/C9H12O.C3H7NO2.CHNO/c1-6-4-7(2)9(10)8(3)5-6;1-2-6-3(4)5;2-1-3/h4-5,10H,1-3H3;2H2,1H3,(H2,4,5);2H. The Morgan fingerprint density at radius 1 is 1.37 bits per heavy atom. The maximum atomic E-state index is 9.60. The minimum Gasteiger partial charge on any atom is -0.507 e. The third-order valence-electron chi connectivity index (χ3n) is 1.92. The Bertz CT molecular complexity index is 415. The van der Waals surface area contributed by atoms with Gasteiger partial charge < -0.3 is 15.6 Å². The maximum Gasteiger partial charge on any atom is 0.404 e. The van der Waals surface area contributed by atoms with E-state index in [2.05, 4.69) is 10.5 Å². The first-order valence-corrected chi connectivity index (χ1v) is 5.53. The number of amides is 1. The zero-order valence-corrected chi connectivity index (χ0v) is 11.6. The monoisotopic (exact) mass is 268 g/mol. The first-order valence-electron chi connectivity index (χ1n) is 5.53. The van der Waals surface area contributed by atoms with Crippen molar-refractivity contribution >= 4 is 12.2 Å². The largest absolute Gasteiger partial charge is 0.507 e. The summed E-state index contributed by atoms with van der Waals surface area (Å²) >= 11 is 0. The quantitative estimate of drug-likeness (QED) is 0.535. The number of benzene rings is 1. The summed E-state index contributed by atoms with van der Waals surface area (Å²) in [6, 6.07) is 3.95. The van der Waals surface area contributed by atoms with Crippen LogP contribution in [0.5, 0.6) is 5.75 Å². The molecule has 1 aromatic carbocycles. The zero-order valence-electron chi connectivity index (χ0n) is 11.6. The summed E-state index contributed by atoms with van der Waals surface area (Å²) < 4.78 is 4.18. The van der Waals surface area contributed by atoms with Gasteiger partial charge in [-0.25, -0.2) is 15.0 Å². The molecule has 0 bridgehead atoms. The fraction of sp³-hybridized carbons (Fsp3) is 0.385. The second-order valence-electron chi connectivity index (χ2n) is 3.60. The highest BCUT2D eigenvalue weighted by Gasteiger charge is 1.98. The van der Waals surface area contributed by atoms with E-state index >= 15 is 0 Å². The molecular formula is C13H20N2O4. The number of hydrogen-bond donors (Lipinski definition) is 3. The zero-order chi connectivity index (χ0) is 15.4. The van der Waals surface area contributed by atoms with Crippen molar-refractivity contribution in [1.82, 2.24) is 0 Å². The van der Waals surface area contributed by atoms with Crippen molar-refractivity contribution < 1.29 is 19.4 Å². The number of isocyanates is 1. The van der Waals surface area contributed by atoms with Crippen LogP contribution in [-0.4, -0.2) is 23.9 Å². The number of hydrogen-bond acceptors (Lipinski definition) is 5. The second kappa shape index (κ2) is 10.8. The van der Waals surface area contributed by atoms with Gasteiger partial charge in [-0.3, -0.25) is 0 Å². The molecule has 0 aliphatic heterocycles. The third-order valence-corrected chi connectivity index (χ3v) is 1.92. The maximum absolute atomic E-state index is 9.60. The lowest BCUT2D eigenvalue weighted by Gasteiger charge is -2.03. The molecule has 1 rings (SSSR count). The number of nitrogens with one attached hydrogen (secondary N) is 1. The van der Waals surface area contributed by atoms with E-state index in [1.807, 2.05) is 32.9 Å². The molecule has 4 N–H and O–H groups in total.